The maximum Gasteiger partial charge on any atom is 0.411 e. The molecule has 118 valence electrons. The Kier molecular flexibility index (Phi) is 4.35. The van der Waals surface area contributed by atoms with Gasteiger partial charge >= 0.3 is 6.09 Å². The van der Waals surface area contributed by atoms with E-state index in [4.69, 9.17) is 15.2 Å². The number of carbonyl (C=O) groups excluding carboxylic acids is 2. The second-order valence-corrected chi connectivity index (χ2v) is 5.65. The van der Waals surface area contributed by atoms with Crippen LogP contribution in [0.2, 0.25) is 0 Å². The Balaban J connectivity index is 1.60. The van der Waals surface area contributed by atoms with Gasteiger partial charge in [0.1, 0.15) is 5.69 Å². The molecule has 2 fully saturated rings. The number of nitrogens with zero attached hydrogens (tertiary/aromatic N) is 2. The largest absolute Gasteiger partial charge is 0.411 e. The Labute approximate surface area is 128 Å². The third-order valence-corrected chi connectivity index (χ3v) is 4.22. The van der Waals surface area contributed by atoms with Gasteiger partial charge in [0, 0.05) is 12.0 Å². The SMILES string of the molecule is NC(=O)Oc1cccc(C(=O)C2CCN(C3COC3)CC2)n1. The van der Waals surface area contributed by atoms with E-state index < -0.39 is 6.09 Å². The lowest BCUT2D eigenvalue weighted by atomic mass is 9.90. The summed E-state index contributed by atoms with van der Waals surface area (Å²) in [6, 6.07) is 5.30. The van der Waals surface area contributed by atoms with E-state index in [1.54, 1.807) is 12.1 Å². The summed E-state index contributed by atoms with van der Waals surface area (Å²) >= 11 is 0. The predicted octanol–water partition coefficient (Wildman–Crippen LogP) is 0.833. The molecule has 2 aliphatic heterocycles. The fraction of sp³-hybridized carbons (Fsp3) is 0.533. The number of likely N-dealkylation sites (tertiary alicyclic amines) is 1. The third kappa shape index (κ3) is 3.26. The molecule has 0 unspecified atom stereocenters. The summed E-state index contributed by atoms with van der Waals surface area (Å²) in [5.74, 6) is 0.0235. The van der Waals surface area contributed by atoms with Crippen molar-refractivity contribution in [2.45, 2.75) is 18.9 Å². The quantitative estimate of drug-likeness (QED) is 0.828. The number of rotatable bonds is 4. The van der Waals surface area contributed by atoms with Crippen molar-refractivity contribution >= 4 is 11.9 Å². The minimum absolute atomic E-state index is 0.000528. The number of carbonyl (C=O) groups is 2. The molecular weight excluding hydrogens is 286 g/mol. The molecule has 1 aromatic heterocycles. The van der Waals surface area contributed by atoms with Crippen LogP contribution in [-0.4, -0.2) is 54.1 Å². The number of amides is 1. The minimum Gasteiger partial charge on any atom is -0.391 e. The van der Waals surface area contributed by atoms with E-state index in [0.29, 0.717) is 11.7 Å². The van der Waals surface area contributed by atoms with Crippen LogP contribution < -0.4 is 10.5 Å². The van der Waals surface area contributed by atoms with Crippen molar-refractivity contribution in [1.29, 1.82) is 0 Å². The topological polar surface area (TPSA) is 94.8 Å². The maximum absolute atomic E-state index is 12.5. The Bertz CT molecular complexity index is 566. The average molecular weight is 305 g/mol. The first-order valence-electron chi connectivity index (χ1n) is 7.44. The second kappa shape index (κ2) is 6.41. The van der Waals surface area contributed by atoms with E-state index in [2.05, 4.69) is 9.88 Å². The summed E-state index contributed by atoms with van der Waals surface area (Å²) in [4.78, 5) is 29.7. The fourth-order valence-corrected chi connectivity index (χ4v) is 2.88. The number of aromatic nitrogens is 1. The van der Waals surface area contributed by atoms with Crippen LogP contribution in [0.5, 0.6) is 5.88 Å². The van der Waals surface area contributed by atoms with Gasteiger partial charge in [0.15, 0.2) is 5.78 Å². The van der Waals surface area contributed by atoms with E-state index in [9.17, 15) is 9.59 Å². The molecule has 0 radical (unpaired) electrons. The Morgan fingerprint density at radius 1 is 1.27 bits per heavy atom. The molecule has 2 saturated heterocycles. The molecule has 0 aliphatic carbocycles. The van der Waals surface area contributed by atoms with Gasteiger partial charge in [0.2, 0.25) is 5.88 Å². The van der Waals surface area contributed by atoms with Crippen molar-refractivity contribution in [3.63, 3.8) is 0 Å². The number of hydrogen-bond acceptors (Lipinski definition) is 6. The molecule has 0 atom stereocenters. The monoisotopic (exact) mass is 305 g/mol. The Morgan fingerprint density at radius 3 is 2.59 bits per heavy atom. The minimum atomic E-state index is -0.937. The molecule has 1 aromatic rings. The zero-order chi connectivity index (χ0) is 15.5. The molecule has 0 bridgehead atoms. The van der Waals surface area contributed by atoms with Crippen molar-refractivity contribution < 1.29 is 19.1 Å². The summed E-state index contributed by atoms with van der Waals surface area (Å²) in [7, 11) is 0. The van der Waals surface area contributed by atoms with Gasteiger partial charge in [-0.25, -0.2) is 9.78 Å². The summed E-state index contributed by atoms with van der Waals surface area (Å²) < 4.78 is 9.92. The Hall–Kier alpha value is -1.99. The van der Waals surface area contributed by atoms with Gasteiger partial charge in [-0.1, -0.05) is 6.07 Å². The first-order valence-corrected chi connectivity index (χ1v) is 7.44. The van der Waals surface area contributed by atoms with Crippen molar-refractivity contribution in [3.05, 3.63) is 23.9 Å². The number of pyridine rings is 1. The molecule has 0 spiro atoms. The molecule has 2 N–H and O–H groups in total. The standard InChI is InChI=1S/C15H19N3O4/c16-15(20)22-13-3-1-2-12(17-13)14(19)10-4-6-18(7-5-10)11-8-21-9-11/h1-3,10-11H,4-9H2,(H2,16,20). The van der Waals surface area contributed by atoms with Gasteiger partial charge < -0.3 is 15.2 Å². The molecule has 7 nitrogen and oxygen atoms in total. The summed E-state index contributed by atoms with van der Waals surface area (Å²) in [6.07, 6.45) is 0.698. The van der Waals surface area contributed by atoms with E-state index in [-0.39, 0.29) is 17.6 Å². The van der Waals surface area contributed by atoms with Gasteiger partial charge in [-0.05, 0) is 32.0 Å². The Morgan fingerprint density at radius 2 is 2.00 bits per heavy atom. The molecule has 3 rings (SSSR count). The summed E-state index contributed by atoms with van der Waals surface area (Å²) in [5.41, 5.74) is 5.28. The van der Waals surface area contributed by atoms with Crippen molar-refractivity contribution in [2.75, 3.05) is 26.3 Å². The maximum atomic E-state index is 12.5. The first kappa shape index (κ1) is 14.9. The number of Topliss-reactive ketones (excluding diaryl/α,β-unsaturated/α-hetero) is 1. The van der Waals surface area contributed by atoms with Crippen LogP contribution in [0, 0.1) is 5.92 Å². The molecule has 2 aliphatic rings. The summed E-state index contributed by atoms with van der Waals surface area (Å²) in [5, 5.41) is 0. The lowest BCUT2D eigenvalue weighted by Crippen LogP contribution is -2.52. The van der Waals surface area contributed by atoms with Gasteiger partial charge in [0.05, 0.1) is 19.3 Å². The van der Waals surface area contributed by atoms with Crippen molar-refractivity contribution in [2.24, 2.45) is 11.7 Å². The normalized spacial score (nSPS) is 20.4. The van der Waals surface area contributed by atoms with Crippen LogP contribution in [0.4, 0.5) is 4.79 Å². The number of ketones is 1. The second-order valence-electron chi connectivity index (χ2n) is 5.65. The number of primary amides is 1. The average Bonchev–Trinajstić information content (AvgIpc) is 2.45. The highest BCUT2D eigenvalue weighted by Gasteiger charge is 2.32. The number of piperidine rings is 1. The van der Waals surface area contributed by atoms with Crippen LogP contribution in [0.1, 0.15) is 23.3 Å². The van der Waals surface area contributed by atoms with Gasteiger partial charge in [-0.2, -0.15) is 0 Å². The van der Waals surface area contributed by atoms with E-state index in [1.807, 2.05) is 0 Å². The predicted molar refractivity (Wildman–Crippen MR) is 77.7 cm³/mol. The van der Waals surface area contributed by atoms with Crippen molar-refractivity contribution in [1.82, 2.24) is 9.88 Å². The van der Waals surface area contributed by atoms with Crippen LogP contribution >= 0.6 is 0 Å². The van der Waals surface area contributed by atoms with Gasteiger partial charge in [-0.15, -0.1) is 0 Å². The molecule has 1 amide bonds. The van der Waals surface area contributed by atoms with Crippen LogP contribution in [0.25, 0.3) is 0 Å². The van der Waals surface area contributed by atoms with Gasteiger partial charge in [0.25, 0.3) is 0 Å². The fourth-order valence-electron chi connectivity index (χ4n) is 2.88. The van der Waals surface area contributed by atoms with Crippen LogP contribution in [0.15, 0.2) is 18.2 Å². The van der Waals surface area contributed by atoms with Crippen molar-refractivity contribution in [3.8, 4) is 5.88 Å². The highest BCUT2D eigenvalue weighted by Crippen LogP contribution is 2.24. The lowest BCUT2D eigenvalue weighted by Gasteiger charge is -2.41. The highest BCUT2D eigenvalue weighted by atomic mass is 16.6. The smallest absolute Gasteiger partial charge is 0.391 e. The molecule has 3 heterocycles. The lowest BCUT2D eigenvalue weighted by molar-refractivity contribution is -0.0725. The van der Waals surface area contributed by atoms with Crippen LogP contribution in [-0.2, 0) is 4.74 Å². The molecule has 0 saturated carbocycles. The van der Waals surface area contributed by atoms with E-state index in [0.717, 1.165) is 39.1 Å². The number of ether oxygens (including phenoxy) is 2. The zero-order valence-corrected chi connectivity index (χ0v) is 12.2. The molecular formula is C15H19N3O4. The highest BCUT2D eigenvalue weighted by molar-refractivity contribution is 5.96. The van der Waals surface area contributed by atoms with E-state index in [1.165, 1.54) is 6.07 Å². The number of hydrogen-bond donors (Lipinski definition) is 1. The van der Waals surface area contributed by atoms with Crippen LogP contribution in [0.3, 0.4) is 0 Å². The molecule has 22 heavy (non-hydrogen) atoms. The van der Waals surface area contributed by atoms with E-state index >= 15 is 0 Å². The molecule has 7 heteroatoms. The van der Waals surface area contributed by atoms with Gasteiger partial charge in [-0.3, -0.25) is 9.69 Å². The summed E-state index contributed by atoms with van der Waals surface area (Å²) in [6.45, 7) is 3.41. The zero-order valence-electron chi connectivity index (χ0n) is 12.2. The third-order valence-electron chi connectivity index (χ3n) is 4.22. The molecule has 0 aromatic carbocycles. The first-order chi connectivity index (χ1) is 10.6. The number of nitrogens with two attached hydrogens (primary N) is 1.